The minimum atomic E-state index is -3.16. The highest BCUT2D eigenvalue weighted by atomic mass is 127. The molecule has 32 heavy (non-hydrogen) atoms. The van der Waals surface area contributed by atoms with Crippen molar-refractivity contribution in [2.45, 2.75) is 37.2 Å². The van der Waals surface area contributed by atoms with Gasteiger partial charge in [-0.25, -0.2) is 8.42 Å². The van der Waals surface area contributed by atoms with E-state index in [1.165, 1.54) is 6.26 Å². The van der Waals surface area contributed by atoms with Crippen molar-refractivity contribution >= 4 is 45.7 Å². The molecule has 0 aliphatic carbocycles. The van der Waals surface area contributed by atoms with Crippen LogP contribution in [0.3, 0.4) is 0 Å². The van der Waals surface area contributed by atoms with E-state index in [0.717, 1.165) is 36.1 Å². The molecule has 2 aromatic carbocycles. The van der Waals surface area contributed by atoms with Crippen LogP contribution in [0, 0.1) is 0 Å². The van der Waals surface area contributed by atoms with Crippen molar-refractivity contribution in [1.82, 2.24) is 15.5 Å². The Morgan fingerprint density at radius 2 is 1.62 bits per heavy atom. The Morgan fingerprint density at radius 3 is 2.19 bits per heavy atom. The van der Waals surface area contributed by atoms with Gasteiger partial charge in [-0.05, 0) is 41.7 Å². The van der Waals surface area contributed by atoms with E-state index in [1.54, 1.807) is 19.2 Å². The first-order valence-electron chi connectivity index (χ1n) is 10.4. The van der Waals surface area contributed by atoms with Crippen LogP contribution in [0.2, 0.25) is 0 Å². The minimum absolute atomic E-state index is 0. The zero-order chi connectivity index (χ0) is 22.3. The Morgan fingerprint density at radius 1 is 1.00 bits per heavy atom. The molecule has 174 valence electrons. The summed E-state index contributed by atoms with van der Waals surface area (Å²) in [5, 5.41) is 6.57. The molecule has 0 spiro atoms. The van der Waals surface area contributed by atoms with Crippen molar-refractivity contribution in [2.24, 2.45) is 4.99 Å². The summed E-state index contributed by atoms with van der Waals surface area (Å²) in [5.74, 6) is 0.950. The van der Waals surface area contributed by atoms with E-state index in [9.17, 15) is 13.2 Å². The maximum Gasteiger partial charge on any atom is 0.222 e. The average molecular weight is 570 g/mol. The summed E-state index contributed by atoms with van der Waals surface area (Å²) in [5.41, 5.74) is 3.33. The summed E-state index contributed by atoms with van der Waals surface area (Å²) in [6.07, 6.45) is 3.59. The van der Waals surface area contributed by atoms with Gasteiger partial charge in [-0.1, -0.05) is 36.4 Å². The molecule has 2 aromatic rings. The molecule has 9 heteroatoms. The molecular weight excluding hydrogens is 539 g/mol. The number of hydrogen-bond acceptors (Lipinski definition) is 4. The Kier molecular flexibility index (Phi) is 9.95. The van der Waals surface area contributed by atoms with Gasteiger partial charge in [-0.15, -0.1) is 24.0 Å². The number of nitrogens with one attached hydrogen (secondary N) is 2. The van der Waals surface area contributed by atoms with E-state index in [2.05, 4.69) is 39.9 Å². The molecule has 1 fully saturated rings. The lowest BCUT2D eigenvalue weighted by Crippen LogP contribution is -2.37. The second-order valence-electron chi connectivity index (χ2n) is 7.75. The number of likely N-dealkylation sites (tertiary alicyclic amines) is 1. The number of carbonyl (C=O) groups is 1. The summed E-state index contributed by atoms with van der Waals surface area (Å²) in [6.45, 7) is 2.86. The Hall–Kier alpha value is -2.14. The van der Waals surface area contributed by atoms with Crippen LogP contribution < -0.4 is 10.6 Å². The third-order valence-corrected chi connectivity index (χ3v) is 6.44. The van der Waals surface area contributed by atoms with Gasteiger partial charge in [-0.2, -0.15) is 0 Å². The van der Waals surface area contributed by atoms with Crippen LogP contribution >= 0.6 is 24.0 Å². The largest absolute Gasteiger partial charge is 0.356 e. The van der Waals surface area contributed by atoms with Crippen molar-refractivity contribution in [3.05, 3.63) is 65.2 Å². The number of rotatable bonds is 8. The summed E-state index contributed by atoms with van der Waals surface area (Å²) in [7, 11) is -1.44. The molecule has 0 unspecified atom stereocenters. The van der Waals surface area contributed by atoms with Gasteiger partial charge in [0.1, 0.15) is 0 Å². The highest BCUT2D eigenvalue weighted by Crippen LogP contribution is 2.15. The number of aliphatic imine (C=N–C) groups is 1. The Bertz CT molecular complexity index is 1020. The Labute approximate surface area is 207 Å². The molecule has 1 saturated heterocycles. The molecule has 0 aromatic heterocycles. The topological polar surface area (TPSA) is 90.9 Å². The molecule has 0 bridgehead atoms. The number of guanidine groups is 1. The third-order valence-electron chi connectivity index (χ3n) is 5.31. The highest BCUT2D eigenvalue weighted by Gasteiger charge is 2.19. The average Bonchev–Trinajstić information content (AvgIpc) is 3.15. The number of hydrogen-bond donors (Lipinski definition) is 2. The molecule has 1 heterocycles. The lowest BCUT2D eigenvalue weighted by Gasteiger charge is -2.16. The third kappa shape index (κ3) is 7.77. The van der Waals surface area contributed by atoms with Gasteiger partial charge in [-0.3, -0.25) is 9.79 Å². The molecule has 0 saturated carbocycles. The van der Waals surface area contributed by atoms with Gasteiger partial charge in [0.05, 0.1) is 4.90 Å². The molecule has 2 N–H and O–H groups in total. The fraction of sp³-hybridized carbons (Fsp3) is 0.391. The van der Waals surface area contributed by atoms with Crippen molar-refractivity contribution in [3.63, 3.8) is 0 Å². The normalized spacial score (nSPS) is 14.2. The number of carbonyl (C=O) groups excluding carboxylic acids is 1. The minimum Gasteiger partial charge on any atom is -0.356 e. The van der Waals surface area contributed by atoms with Crippen LogP contribution in [0.1, 0.15) is 29.5 Å². The van der Waals surface area contributed by atoms with Crippen molar-refractivity contribution in [3.8, 4) is 0 Å². The zero-order valence-corrected chi connectivity index (χ0v) is 21.7. The van der Waals surface area contributed by atoms with Gasteiger partial charge in [0.25, 0.3) is 0 Å². The SMILES string of the molecule is CN=C(NCCc1ccc(S(C)(=O)=O)cc1)NCc1ccc(CN2CCCC2=O)cc1.I. The predicted octanol–water partition coefficient (Wildman–Crippen LogP) is 2.74. The van der Waals surface area contributed by atoms with Gasteiger partial charge in [0.2, 0.25) is 5.91 Å². The van der Waals surface area contributed by atoms with Crippen molar-refractivity contribution < 1.29 is 13.2 Å². The predicted molar refractivity (Wildman–Crippen MR) is 138 cm³/mol. The second kappa shape index (κ2) is 12.2. The lowest BCUT2D eigenvalue weighted by molar-refractivity contribution is -0.128. The highest BCUT2D eigenvalue weighted by molar-refractivity contribution is 14.0. The molecule has 1 aliphatic heterocycles. The van der Waals surface area contributed by atoms with Gasteiger partial charge >= 0.3 is 0 Å². The number of nitrogens with zero attached hydrogens (tertiary/aromatic N) is 2. The monoisotopic (exact) mass is 570 g/mol. The van der Waals surface area contributed by atoms with E-state index < -0.39 is 9.84 Å². The summed E-state index contributed by atoms with van der Waals surface area (Å²) < 4.78 is 23.1. The van der Waals surface area contributed by atoms with Crippen LogP contribution in [0.15, 0.2) is 58.4 Å². The van der Waals surface area contributed by atoms with Crippen LogP contribution in [0.4, 0.5) is 0 Å². The van der Waals surface area contributed by atoms with E-state index in [1.807, 2.05) is 17.0 Å². The summed E-state index contributed by atoms with van der Waals surface area (Å²) in [4.78, 5) is 18.2. The summed E-state index contributed by atoms with van der Waals surface area (Å²) in [6, 6.07) is 15.2. The van der Waals surface area contributed by atoms with Crippen LogP contribution in [0.25, 0.3) is 0 Å². The van der Waals surface area contributed by atoms with Crippen LogP contribution in [-0.2, 0) is 34.1 Å². The van der Waals surface area contributed by atoms with Crippen molar-refractivity contribution in [1.29, 1.82) is 0 Å². The molecule has 0 atom stereocenters. The number of benzene rings is 2. The zero-order valence-electron chi connectivity index (χ0n) is 18.5. The first-order valence-corrected chi connectivity index (χ1v) is 12.3. The standard InChI is InChI=1S/C23H30N4O3S.HI/c1-24-23(25-14-13-18-9-11-21(12-10-18)31(2,29)30)26-16-19-5-7-20(8-6-19)17-27-15-3-4-22(27)28;/h5-12H,3-4,13-17H2,1-2H3,(H2,24,25,26);1H. The van der Waals surface area contributed by atoms with E-state index in [4.69, 9.17) is 0 Å². The molecule has 1 amide bonds. The number of sulfone groups is 1. The maximum absolute atomic E-state index is 11.8. The van der Waals surface area contributed by atoms with E-state index in [0.29, 0.717) is 36.9 Å². The Balaban J connectivity index is 0.00000363. The number of halogens is 1. The van der Waals surface area contributed by atoms with E-state index >= 15 is 0 Å². The fourth-order valence-electron chi connectivity index (χ4n) is 3.49. The molecule has 1 aliphatic rings. The van der Waals surface area contributed by atoms with Gasteiger partial charge < -0.3 is 15.5 Å². The first kappa shape index (κ1) is 26.1. The second-order valence-corrected chi connectivity index (χ2v) is 9.77. The number of amides is 1. The molecule has 0 radical (unpaired) electrons. The van der Waals surface area contributed by atoms with Crippen molar-refractivity contribution in [2.75, 3.05) is 26.4 Å². The quantitative estimate of drug-likeness (QED) is 0.290. The summed E-state index contributed by atoms with van der Waals surface area (Å²) >= 11 is 0. The molecule has 3 rings (SSSR count). The smallest absolute Gasteiger partial charge is 0.222 e. The first-order chi connectivity index (χ1) is 14.8. The van der Waals surface area contributed by atoms with Crippen LogP contribution in [0.5, 0.6) is 0 Å². The van der Waals surface area contributed by atoms with Gasteiger partial charge in [0, 0.05) is 45.9 Å². The molecular formula is C23H31IN4O3S. The fourth-order valence-corrected chi connectivity index (χ4v) is 4.12. The molecule has 7 nitrogen and oxygen atoms in total. The van der Waals surface area contributed by atoms with Crippen LogP contribution in [-0.4, -0.2) is 51.6 Å². The maximum atomic E-state index is 11.8. The van der Waals surface area contributed by atoms with Gasteiger partial charge in [0.15, 0.2) is 15.8 Å². The lowest BCUT2D eigenvalue weighted by atomic mass is 10.1. The van der Waals surface area contributed by atoms with E-state index in [-0.39, 0.29) is 29.9 Å².